The molecule has 0 saturated heterocycles. The van der Waals surface area contributed by atoms with E-state index in [1.165, 1.54) is 6.07 Å². The number of aromatic carboxylic acids is 1. The first kappa shape index (κ1) is 14.3. The van der Waals surface area contributed by atoms with Crippen molar-refractivity contribution in [3.05, 3.63) is 65.9 Å². The Hall–Kier alpha value is -3.28. The number of nitrogens with zero attached hydrogens (tertiary/aromatic N) is 1. The maximum atomic E-state index is 12.5. The van der Waals surface area contributed by atoms with Crippen LogP contribution in [0.15, 0.2) is 54.6 Å². The highest BCUT2D eigenvalue weighted by Gasteiger charge is 2.29. The summed E-state index contributed by atoms with van der Waals surface area (Å²) in [6.07, 6.45) is 0.511. The Balaban J connectivity index is 1.64. The van der Waals surface area contributed by atoms with Crippen molar-refractivity contribution >= 4 is 28.5 Å². The van der Waals surface area contributed by atoms with Gasteiger partial charge in [-0.3, -0.25) is 0 Å². The lowest BCUT2D eigenvalue weighted by molar-refractivity contribution is -0.144. The molecular formula is C18H14N2O4. The molecule has 1 atom stereocenters. The monoisotopic (exact) mass is 322 g/mol. The van der Waals surface area contributed by atoms with E-state index in [9.17, 15) is 14.7 Å². The summed E-state index contributed by atoms with van der Waals surface area (Å²) in [7, 11) is 0. The van der Waals surface area contributed by atoms with Crippen LogP contribution < -0.4 is 10.2 Å². The van der Waals surface area contributed by atoms with Crippen LogP contribution in [-0.4, -0.2) is 27.8 Å². The van der Waals surface area contributed by atoms with Crippen LogP contribution in [0.1, 0.15) is 16.1 Å². The molecule has 0 aliphatic carbocycles. The lowest BCUT2D eigenvalue weighted by Gasteiger charge is -2.13. The minimum absolute atomic E-state index is 0.0833. The molecule has 0 radical (unpaired) electrons. The van der Waals surface area contributed by atoms with Crippen LogP contribution in [-0.2, 0) is 11.2 Å². The van der Waals surface area contributed by atoms with E-state index in [4.69, 9.17) is 4.84 Å². The normalized spacial score (nSPS) is 15.8. The minimum atomic E-state index is -1.15. The van der Waals surface area contributed by atoms with Crippen molar-refractivity contribution in [1.82, 2.24) is 4.73 Å². The lowest BCUT2D eigenvalue weighted by Crippen LogP contribution is -2.36. The predicted molar refractivity (Wildman–Crippen MR) is 88.0 cm³/mol. The van der Waals surface area contributed by atoms with Gasteiger partial charge in [0.1, 0.15) is 6.04 Å². The number of rotatable bonds is 3. The quantitative estimate of drug-likeness (QED) is 0.773. The molecule has 1 aliphatic rings. The van der Waals surface area contributed by atoms with Crippen LogP contribution >= 0.6 is 0 Å². The van der Waals surface area contributed by atoms with Crippen molar-refractivity contribution < 1.29 is 19.5 Å². The number of hydrogen-bond donors (Lipinski definition) is 2. The Labute approximate surface area is 137 Å². The molecule has 2 N–H and O–H groups in total. The summed E-state index contributed by atoms with van der Waals surface area (Å²) in [5.41, 5.74) is 2.39. The number of nitrogens with one attached hydrogen (secondary N) is 1. The second-order valence-electron chi connectivity index (χ2n) is 5.66. The van der Waals surface area contributed by atoms with Crippen LogP contribution in [0.5, 0.6) is 0 Å². The number of carboxylic acid groups (broad SMARTS) is 1. The number of hydrogen-bond acceptors (Lipinski definition) is 4. The van der Waals surface area contributed by atoms with Gasteiger partial charge in [0, 0.05) is 17.5 Å². The van der Waals surface area contributed by atoms with Gasteiger partial charge in [0.15, 0.2) is 5.69 Å². The fourth-order valence-corrected chi connectivity index (χ4v) is 2.97. The summed E-state index contributed by atoms with van der Waals surface area (Å²) in [5.74, 6) is -1.67. The van der Waals surface area contributed by atoms with E-state index >= 15 is 0 Å². The van der Waals surface area contributed by atoms with Gasteiger partial charge in [-0.2, -0.15) is 4.73 Å². The van der Waals surface area contributed by atoms with Crippen LogP contribution in [0.4, 0.5) is 5.69 Å². The summed E-state index contributed by atoms with van der Waals surface area (Å²) >= 11 is 0. The fourth-order valence-electron chi connectivity index (χ4n) is 2.97. The van der Waals surface area contributed by atoms with Gasteiger partial charge in [-0.1, -0.05) is 36.4 Å². The predicted octanol–water partition coefficient (Wildman–Crippen LogP) is 2.33. The summed E-state index contributed by atoms with van der Waals surface area (Å²) in [5, 5.41) is 13.2. The molecular weight excluding hydrogens is 308 g/mol. The van der Waals surface area contributed by atoms with Gasteiger partial charge in [0.25, 0.3) is 0 Å². The van der Waals surface area contributed by atoms with Crippen molar-refractivity contribution in [3.63, 3.8) is 0 Å². The molecule has 4 rings (SSSR count). The number of carbonyl (C=O) groups excluding carboxylic acids is 1. The highest BCUT2D eigenvalue weighted by molar-refractivity contribution is 5.95. The van der Waals surface area contributed by atoms with Crippen LogP contribution in [0.25, 0.3) is 10.9 Å². The number of aromatic nitrogens is 1. The van der Waals surface area contributed by atoms with Crippen LogP contribution in [0.3, 0.4) is 0 Å². The van der Waals surface area contributed by atoms with E-state index in [1.54, 1.807) is 24.3 Å². The van der Waals surface area contributed by atoms with E-state index in [0.717, 1.165) is 16.0 Å². The molecule has 6 nitrogen and oxygen atoms in total. The Morgan fingerprint density at radius 3 is 2.67 bits per heavy atom. The van der Waals surface area contributed by atoms with E-state index in [0.29, 0.717) is 17.3 Å². The largest absolute Gasteiger partial charge is 0.476 e. The first-order valence-electron chi connectivity index (χ1n) is 7.54. The molecule has 1 unspecified atom stereocenters. The third-order valence-electron chi connectivity index (χ3n) is 4.12. The standard InChI is InChI=1S/C18H14N2O4/c21-17(22)16-10-12-6-2-4-8-15(12)20(16)24-18(23)14-9-11-5-1-3-7-13(11)19-14/h1-8,10,14,19H,9H2,(H,21,22). The summed E-state index contributed by atoms with van der Waals surface area (Å²) < 4.78 is 1.09. The maximum absolute atomic E-state index is 12.5. The minimum Gasteiger partial charge on any atom is -0.476 e. The first-order valence-corrected chi connectivity index (χ1v) is 7.54. The first-order chi connectivity index (χ1) is 11.6. The molecule has 2 heterocycles. The van der Waals surface area contributed by atoms with Gasteiger partial charge < -0.3 is 15.3 Å². The average Bonchev–Trinajstić information content (AvgIpc) is 3.17. The molecule has 24 heavy (non-hydrogen) atoms. The third-order valence-corrected chi connectivity index (χ3v) is 4.12. The number of benzene rings is 2. The summed E-state index contributed by atoms with van der Waals surface area (Å²) in [6, 6.07) is 15.7. The Bertz CT molecular complexity index is 936. The van der Waals surface area contributed by atoms with E-state index in [-0.39, 0.29) is 5.69 Å². The molecule has 1 aromatic heterocycles. The van der Waals surface area contributed by atoms with Crippen molar-refractivity contribution in [2.45, 2.75) is 12.5 Å². The summed E-state index contributed by atoms with van der Waals surface area (Å²) in [4.78, 5) is 29.4. The molecule has 6 heteroatoms. The van der Waals surface area contributed by atoms with E-state index in [1.807, 2.05) is 24.3 Å². The summed E-state index contributed by atoms with van der Waals surface area (Å²) in [6.45, 7) is 0. The topological polar surface area (TPSA) is 80.6 Å². The molecule has 1 aliphatic heterocycles. The van der Waals surface area contributed by atoms with E-state index < -0.39 is 18.0 Å². The van der Waals surface area contributed by atoms with Gasteiger partial charge >= 0.3 is 11.9 Å². The third kappa shape index (κ3) is 2.28. The average molecular weight is 322 g/mol. The second-order valence-corrected chi connectivity index (χ2v) is 5.66. The van der Waals surface area contributed by atoms with Crippen molar-refractivity contribution in [2.24, 2.45) is 0 Å². The smallest absolute Gasteiger partial charge is 0.356 e. The van der Waals surface area contributed by atoms with Gasteiger partial charge in [-0.15, -0.1) is 0 Å². The number of carboxylic acids is 1. The molecule has 3 aromatic rings. The molecule has 2 aromatic carbocycles. The van der Waals surface area contributed by atoms with Gasteiger partial charge in [-0.05, 0) is 23.8 Å². The molecule has 0 saturated carbocycles. The zero-order chi connectivity index (χ0) is 16.7. The Morgan fingerprint density at radius 1 is 1.12 bits per heavy atom. The number of carbonyl (C=O) groups is 2. The highest BCUT2D eigenvalue weighted by Crippen LogP contribution is 2.26. The molecule has 120 valence electrons. The molecule has 0 fully saturated rings. The second kappa shape index (κ2) is 5.42. The number of anilines is 1. The van der Waals surface area contributed by atoms with E-state index in [2.05, 4.69) is 5.32 Å². The van der Waals surface area contributed by atoms with Crippen LogP contribution in [0.2, 0.25) is 0 Å². The van der Waals surface area contributed by atoms with Gasteiger partial charge in [0.05, 0.1) is 5.52 Å². The SMILES string of the molecule is O=C(O)c1cc2ccccc2n1OC(=O)C1Cc2ccccc2N1. The lowest BCUT2D eigenvalue weighted by atomic mass is 10.1. The number of fused-ring (bicyclic) bond motifs is 2. The Morgan fingerprint density at radius 2 is 1.88 bits per heavy atom. The molecule has 0 amide bonds. The van der Waals surface area contributed by atoms with Crippen molar-refractivity contribution in [3.8, 4) is 0 Å². The zero-order valence-electron chi connectivity index (χ0n) is 12.6. The van der Waals surface area contributed by atoms with Gasteiger partial charge in [0.2, 0.25) is 0 Å². The molecule has 0 bridgehead atoms. The van der Waals surface area contributed by atoms with Crippen molar-refractivity contribution in [1.29, 1.82) is 0 Å². The number of para-hydroxylation sites is 2. The van der Waals surface area contributed by atoms with Crippen LogP contribution in [0, 0.1) is 0 Å². The van der Waals surface area contributed by atoms with Crippen molar-refractivity contribution in [2.75, 3.05) is 5.32 Å². The Kier molecular flexibility index (Phi) is 3.23. The highest BCUT2D eigenvalue weighted by atomic mass is 16.7. The fraction of sp³-hybridized carbons (Fsp3) is 0.111. The van der Waals surface area contributed by atoms with Gasteiger partial charge in [-0.25, -0.2) is 9.59 Å². The zero-order valence-corrected chi connectivity index (χ0v) is 12.6. The maximum Gasteiger partial charge on any atom is 0.356 e. The molecule has 0 spiro atoms.